The minimum atomic E-state index is -1.09. The number of carboxylic acid groups (broad SMARTS) is 1. The van der Waals surface area contributed by atoms with Crippen LogP contribution in [-0.4, -0.2) is 32.3 Å². The van der Waals surface area contributed by atoms with Gasteiger partial charge in [0.25, 0.3) is 5.91 Å². The van der Waals surface area contributed by atoms with Gasteiger partial charge >= 0.3 is 5.97 Å². The van der Waals surface area contributed by atoms with Crippen LogP contribution in [0.2, 0.25) is 0 Å². The van der Waals surface area contributed by atoms with E-state index in [1.165, 1.54) is 6.20 Å². The summed E-state index contributed by atoms with van der Waals surface area (Å²) in [6.45, 7) is 3.78. The zero-order valence-electron chi connectivity index (χ0n) is 12.5. The van der Waals surface area contributed by atoms with E-state index in [0.717, 1.165) is 11.3 Å². The summed E-state index contributed by atoms with van der Waals surface area (Å²) in [7, 11) is 0. The fraction of sp³-hybridized carbons (Fsp3) is 0.312. The number of nitrogens with one attached hydrogen (secondary N) is 1. The molecule has 1 aromatic carbocycles. The van der Waals surface area contributed by atoms with Crippen molar-refractivity contribution in [2.24, 2.45) is 0 Å². The maximum Gasteiger partial charge on any atom is 0.329 e. The number of nitrogens with zero attached hydrogens (tertiary/aromatic N) is 2. The topological polar surface area (TPSA) is 84.2 Å². The lowest BCUT2D eigenvalue weighted by Crippen LogP contribution is -2.43. The molecule has 2 N–H and O–H groups in total. The SMILES string of the molecule is Cc1cccc(-n2ncc(C(=O)NC3(C(=O)O)CC3)c2C)c1. The molecule has 0 atom stereocenters. The third-order valence-corrected chi connectivity index (χ3v) is 4.01. The van der Waals surface area contributed by atoms with Crippen molar-refractivity contribution in [3.05, 3.63) is 47.3 Å². The predicted molar refractivity (Wildman–Crippen MR) is 80.1 cm³/mol. The van der Waals surface area contributed by atoms with Gasteiger partial charge in [-0.15, -0.1) is 0 Å². The third kappa shape index (κ3) is 2.36. The van der Waals surface area contributed by atoms with Crippen LogP contribution in [0, 0.1) is 13.8 Å². The van der Waals surface area contributed by atoms with E-state index in [9.17, 15) is 9.59 Å². The van der Waals surface area contributed by atoms with Crippen molar-refractivity contribution < 1.29 is 14.7 Å². The lowest BCUT2D eigenvalue weighted by Gasteiger charge is -2.12. The van der Waals surface area contributed by atoms with Crippen LogP contribution in [-0.2, 0) is 4.79 Å². The van der Waals surface area contributed by atoms with Crippen LogP contribution in [0.4, 0.5) is 0 Å². The largest absolute Gasteiger partial charge is 0.480 e. The Morgan fingerprint density at radius 1 is 1.32 bits per heavy atom. The average Bonchev–Trinajstić information content (AvgIpc) is 3.14. The molecule has 6 heteroatoms. The molecule has 0 unspecified atom stereocenters. The monoisotopic (exact) mass is 299 g/mol. The second-order valence-electron chi connectivity index (χ2n) is 5.74. The first-order valence-corrected chi connectivity index (χ1v) is 7.10. The Kier molecular flexibility index (Phi) is 3.24. The number of aliphatic carboxylic acids is 1. The number of amides is 1. The summed E-state index contributed by atoms with van der Waals surface area (Å²) in [5.41, 5.74) is 1.96. The van der Waals surface area contributed by atoms with Crippen LogP contribution >= 0.6 is 0 Å². The number of carboxylic acids is 1. The quantitative estimate of drug-likeness (QED) is 0.902. The lowest BCUT2D eigenvalue weighted by atomic mass is 10.2. The van der Waals surface area contributed by atoms with Gasteiger partial charge in [0, 0.05) is 0 Å². The average molecular weight is 299 g/mol. The van der Waals surface area contributed by atoms with E-state index in [-0.39, 0.29) is 0 Å². The Bertz CT molecular complexity index is 760. The Morgan fingerprint density at radius 3 is 2.64 bits per heavy atom. The second kappa shape index (κ2) is 4.98. The molecule has 1 fully saturated rings. The van der Waals surface area contributed by atoms with Gasteiger partial charge in [0.05, 0.1) is 23.1 Å². The van der Waals surface area contributed by atoms with Gasteiger partial charge in [-0.05, 0) is 44.4 Å². The second-order valence-corrected chi connectivity index (χ2v) is 5.74. The van der Waals surface area contributed by atoms with Gasteiger partial charge in [-0.2, -0.15) is 5.10 Å². The van der Waals surface area contributed by atoms with Crippen molar-refractivity contribution in [3.8, 4) is 5.69 Å². The highest BCUT2D eigenvalue weighted by atomic mass is 16.4. The molecule has 1 aliphatic rings. The molecule has 0 spiro atoms. The zero-order valence-corrected chi connectivity index (χ0v) is 12.5. The van der Waals surface area contributed by atoms with Crippen LogP contribution in [0.15, 0.2) is 30.5 Å². The van der Waals surface area contributed by atoms with Crippen molar-refractivity contribution in [2.75, 3.05) is 0 Å². The van der Waals surface area contributed by atoms with Gasteiger partial charge in [-0.3, -0.25) is 4.79 Å². The molecule has 22 heavy (non-hydrogen) atoms. The summed E-state index contributed by atoms with van der Waals surface area (Å²) < 4.78 is 1.68. The lowest BCUT2D eigenvalue weighted by molar-refractivity contribution is -0.140. The molecule has 1 amide bonds. The molecule has 0 aliphatic heterocycles. The van der Waals surface area contributed by atoms with Crippen LogP contribution < -0.4 is 5.32 Å². The molecule has 3 rings (SSSR count). The van der Waals surface area contributed by atoms with E-state index in [1.54, 1.807) is 11.6 Å². The number of aromatic nitrogens is 2. The van der Waals surface area contributed by atoms with E-state index in [1.807, 2.05) is 31.2 Å². The Labute approximate surface area is 127 Å². The molecule has 0 bridgehead atoms. The molecule has 0 saturated heterocycles. The van der Waals surface area contributed by atoms with E-state index < -0.39 is 17.4 Å². The first kappa shape index (κ1) is 14.3. The van der Waals surface area contributed by atoms with Crippen molar-refractivity contribution in [1.29, 1.82) is 0 Å². The van der Waals surface area contributed by atoms with E-state index >= 15 is 0 Å². The van der Waals surface area contributed by atoms with Gasteiger partial charge in [0.15, 0.2) is 0 Å². The summed E-state index contributed by atoms with van der Waals surface area (Å²) in [6.07, 6.45) is 2.42. The molecule has 114 valence electrons. The molecule has 1 aliphatic carbocycles. The summed E-state index contributed by atoms with van der Waals surface area (Å²) in [4.78, 5) is 23.5. The Balaban J connectivity index is 1.88. The number of benzene rings is 1. The first-order valence-electron chi connectivity index (χ1n) is 7.10. The van der Waals surface area contributed by atoms with Crippen LogP contribution in [0.1, 0.15) is 34.5 Å². The number of carbonyl (C=O) groups excluding carboxylic acids is 1. The normalized spacial score (nSPS) is 15.4. The number of hydrogen-bond donors (Lipinski definition) is 2. The highest BCUT2D eigenvalue weighted by molar-refractivity contribution is 5.99. The minimum absolute atomic E-state index is 0.392. The molecule has 1 saturated carbocycles. The zero-order chi connectivity index (χ0) is 15.9. The van der Waals surface area contributed by atoms with Gasteiger partial charge in [-0.25, -0.2) is 9.48 Å². The number of rotatable bonds is 4. The van der Waals surface area contributed by atoms with Crippen LogP contribution in [0.3, 0.4) is 0 Å². The number of carbonyl (C=O) groups is 2. The number of hydrogen-bond acceptors (Lipinski definition) is 3. The fourth-order valence-corrected chi connectivity index (χ4v) is 2.45. The summed E-state index contributed by atoms with van der Waals surface area (Å²) in [6, 6.07) is 7.80. The predicted octanol–water partition coefficient (Wildman–Crippen LogP) is 1.84. The van der Waals surface area contributed by atoms with Crippen molar-refractivity contribution in [2.45, 2.75) is 32.2 Å². The smallest absolute Gasteiger partial charge is 0.329 e. The standard InChI is InChI=1S/C16H17N3O3/c1-10-4-3-5-12(8-10)19-11(2)13(9-17-19)14(20)18-16(6-7-16)15(21)22/h3-5,8-9H,6-7H2,1-2H3,(H,18,20)(H,21,22). The molecule has 0 radical (unpaired) electrons. The van der Waals surface area contributed by atoms with Crippen molar-refractivity contribution in [3.63, 3.8) is 0 Å². The number of aryl methyl sites for hydroxylation is 1. The van der Waals surface area contributed by atoms with Gasteiger partial charge in [0.2, 0.25) is 0 Å². The van der Waals surface area contributed by atoms with Crippen LogP contribution in [0.5, 0.6) is 0 Å². The fourth-order valence-electron chi connectivity index (χ4n) is 2.45. The molecule has 1 heterocycles. The summed E-state index contributed by atoms with van der Waals surface area (Å²) >= 11 is 0. The van der Waals surface area contributed by atoms with Gasteiger partial charge in [0.1, 0.15) is 5.54 Å². The molecular formula is C16H17N3O3. The molecular weight excluding hydrogens is 282 g/mol. The minimum Gasteiger partial charge on any atom is -0.480 e. The van der Waals surface area contributed by atoms with Gasteiger partial charge in [-0.1, -0.05) is 12.1 Å². The molecule has 1 aromatic heterocycles. The summed E-state index contributed by atoms with van der Waals surface area (Å²) in [5.74, 6) is -1.37. The Hall–Kier alpha value is -2.63. The first-order chi connectivity index (χ1) is 10.4. The van der Waals surface area contributed by atoms with E-state index in [4.69, 9.17) is 5.11 Å². The summed E-state index contributed by atoms with van der Waals surface area (Å²) in [5, 5.41) is 16.0. The van der Waals surface area contributed by atoms with Crippen LogP contribution in [0.25, 0.3) is 5.69 Å². The highest BCUT2D eigenvalue weighted by Gasteiger charge is 2.51. The maximum atomic E-state index is 12.3. The third-order valence-electron chi connectivity index (χ3n) is 4.01. The maximum absolute atomic E-state index is 12.3. The van der Waals surface area contributed by atoms with Gasteiger partial charge < -0.3 is 10.4 Å². The van der Waals surface area contributed by atoms with E-state index in [0.29, 0.717) is 24.1 Å². The molecule has 6 nitrogen and oxygen atoms in total. The Morgan fingerprint density at radius 2 is 2.05 bits per heavy atom. The van der Waals surface area contributed by atoms with E-state index in [2.05, 4.69) is 10.4 Å². The van der Waals surface area contributed by atoms with Crippen molar-refractivity contribution in [1.82, 2.24) is 15.1 Å². The van der Waals surface area contributed by atoms with Crippen molar-refractivity contribution >= 4 is 11.9 Å². The molecule has 2 aromatic rings. The highest BCUT2D eigenvalue weighted by Crippen LogP contribution is 2.35.